The first-order chi connectivity index (χ1) is 16.9. The zero-order valence-electron chi connectivity index (χ0n) is 18.6. The van der Waals surface area contributed by atoms with Gasteiger partial charge in [0.05, 0.1) is 22.1 Å². The lowest BCUT2D eigenvalue weighted by Gasteiger charge is -2.21. The highest BCUT2D eigenvalue weighted by Crippen LogP contribution is 2.37. The number of aromatic nitrogens is 4. The number of urea groups is 1. The molecule has 8 nitrogen and oxygen atoms in total. The summed E-state index contributed by atoms with van der Waals surface area (Å²) in [4.78, 5) is 24.1. The van der Waals surface area contributed by atoms with E-state index in [2.05, 4.69) is 15.1 Å². The standard InChI is InChI=1S/C24H20ClF2N7O/c1-2-32-13-16(22(31-32)18-8-9-29-23(28)30-18)15-4-3-5-20(21(15)27)34-11-10-33(24(34)35)19-7-6-14(26)12-17(19)25/h3-9,12-13H,2,10-11H2,1H3,(H2,28,29,30). The maximum Gasteiger partial charge on any atom is 0.329 e. The molecule has 1 saturated heterocycles. The monoisotopic (exact) mass is 495 g/mol. The molecule has 0 unspecified atom stereocenters. The summed E-state index contributed by atoms with van der Waals surface area (Å²) in [7, 11) is 0. The number of nitrogens with two attached hydrogens (primary N) is 1. The van der Waals surface area contributed by atoms with Crippen LogP contribution in [0, 0.1) is 11.6 Å². The van der Waals surface area contributed by atoms with Gasteiger partial charge in [0.1, 0.15) is 11.5 Å². The molecule has 2 aromatic carbocycles. The number of anilines is 3. The van der Waals surface area contributed by atoms with E-state index in [1.807, 2.05) is 6.92 Å². The molecule has 0 aliphatic carbocycles. The number of hydrogen-bond donors (Lipinski definition) is 1. The molecule has 35 heavy (non-hydrogen) atoms. The van der Waals surface area contributed by atoms with Gasteiger partial charge in [0.25, 0.3) is 0 Å². The third-order valence-corrected chi connectivity index (χ3v) is 6.07. The van der Waals surface area contributed by atoms with E-state index in [1.54, 1.807) is 35.1 Å². The van der Waals surface area contributed by atoms with Crippen molar-refractivity contribution in [3.8, 4) is 22.5 Å². The van der Waals surface area contributed by atoms with Crippen LogP contribution in [0.4, 0.5) is 30.9 Å². The van der Waals surface area contributed by atoms with E-state index >= 15 is 4.39 Å². The highest BCUT2D eigenvalue weighted by atomic mass is 35.5. The highest BCUT2D eigenvalue weighted by Gasteiger charge is 2.34. The third kappa shape index (κ3) is 4.06. The maximum absolute atomic E-state index is 16.0. The fourth-order valence-electron chi connectivity index (χ4n) is 4.10. The second-order valence-corrected chi connectivity index (χ2v) is 8.27. The minimum absolute atomic E-state index is 0.0796. The minimum Gasteiger partial charge on any atom is -0.368 e. The Labute approximate surface area is 204 Å². The first-order valence-electron chi connectivity index (χ1n) is 10.9. The summed E-state index contributed by atoms with van der Waals surface area (Å²) in [5.74, 6) is -1.00. The lowest BCUT2D eigenvalue weighted by atomic mass is 10.0. The van der Waals surface area contributed by atoms with Gasteiger partial charge in [-0.1, -0.05) is 23.7 Å². The zero-order chi connectivity index (χ0) is 24.7. The van der Waals surface area contributed by atoms with Gasteiger partial charge in [-0.2, -0.15) is 5.10 Å². The van der Waals surface area contributed by atoms with E-state index in [1.165, 1.54) is 28.1 Å². The molecule has 4 aromatic rings. The number of carbonyl (C=O) groups is 1. The van der Waals surface area contributed by atoms with Crippen LogP contribution in [0.2, 0.25) is 5.02 Å². The van der Waals surface area contributed by atoms with Crippen LogP contribution in [0.3, 0.4) is 0 Å². The Morgan fingerprint density at radius 2 is 1.83 bits per heavy atom. The topological polar surface area (TPSA) is 93.2 Å². The molecule has 1 fully saturated rings. The largest absolute Gasteiger partial charge is 0.368 e. The summed E-state index contributed by atoms with van der Waals surface area (Å²) >= 11 is 6.15. The number of aryl methyl sites for hydroxylation is 1. The van der Waals surface area contributed by atoms with Gasteiger partial charge in [-0.3, -0.25) is 14.5 Å². The lowest BCUT2D eigenvalue weighted by Crippen LogP contribution is -2.32. The lowest BCUT2D eigenvalue weighted by molar-refractivity contribution is 0.255. The average Bonchev–Trinajstić information content (AvgIpc) is 3.43. The number of nitrogens with zero attached hydrogens (tertiary/aromatic N) is 6. The van der Waals surface area contributed by atoms with Crippen molar-refractivity contribution in [2.75, 3.05) is 28.6 Å². The van der Waals surface area contributed by atoms with Crippen LogP contribution in [-0.4, -0.2) is 38.9 Å². The van der Waals surface area contributed by atoms with Crippen molar-refractivity contribution >= 4 is 35.0 Å². The second-order valence-electron chi connectivity index (χ2n) is 7.87. The Balaban J connectivity index is 1.54. The minimum atomic E-state index is -0.577. The van der Waals surface area contributed by atoms with Gasteiger partial charge in [0.2, 0.25) is 5.95 Å². The number of rotatable bonds is 5. The van der Waals surface area contributed by atoms with Crippen LogP contribution in [0.15, 0.2) is 54.9 Å². The summed E-state index contributed by atoms with van der Waals surface area (Å²) in [5.41, 5.74) is 7.91. The van der Waals surface area contributed by atoms with Crippen molar-refractivity contribution in [3.63, 3.8) is 0 Å². The summed E-state index contributed by atoms with van der Waals surface area (Å²) in [6.07, 6.45) is 3.24. The average molecular weight is 496 g/mol. The van der Waals surface area contributed by atoms with Crippen LogP contribution in [0.5, 0.6) is 0 Å². The molecule has 0 bridgehead atoms. The van der Waals surface area contributed by atoms with Crippen molar-refractivity contribution < 1.29 is 13.6 Å². The van der Waals surface area contributed by atoms with Gasteiger partial charge in [-0.05, 0) is 37.3 Å². The predicted molar refractivity (Wildman–Crippen MR) is 130 cm³/mol. The molecular formula is C24H20ClF2N7O. The van der Waals surface area contributed by atoms with Crippen LogP contribution >= 0.6 is 11.6 Å². The molecule has 0 radical (unpaired) electrons. The molecule has 2 aromatic heterocycles. The van der Waals surface area contributed by atoms with Gasteiger partial charge in [-0.15, -0.1) is 0 Å². The first-order valence-corrected chi connectivity index (χ1v) is 11.2. The van der Waals surface area contributed by atoms with Crippen molar-refractivity contribution in [1.29, 1.82) is 0 Å². The Morgan fingerprint density at radius 1 is 1.06 bits per heavy atom. The molecule has 5 rings (SSSR count). The Bertz CT molecular complexity index is 1440. The van der Waals surface area contributed by atoms with E-state index in [0.717, 1.165) is 6.07 Å². The molecule has 178 valence electrons. The molecule has 0 atom stereocenters. The van der Waals surface area contributed by atoms with E-state index in [4.69, 9.17) is 17.3 Å². The third-order valence-electron chi connectivity index (χ3n) is 5.77. The van der Waals surface area contributed by atoms with E-state index in [0.29, 0.717) is 29.2 Å². The molecule has 1 aliphatic rings. The van der Waals surface area contributed by atoms with Gasteiger partial charge in [-0.25, -0.2) is 23.5 Å². The number of amides is 2. The second kappa shape index (κ2) is 8.95. The van der Waals surface area contributed by atoms with Gasteiger partial charge < -0.3 is 5.73 Å². The number of halogens is 3. The number of hydrogen-bond acceptors (Lipinski definition) is 5. The van der Waals surface area contributed by atoms with Gasteiger partial charge in [0.15, 0.2) is 5.82 Å². The van der Waals surface area contributed by atoms with Gasteiger partial charge in [0, 0.05) is 43.2 Å². The van der Waals surface area contributed by atoms with Crippen LogP contribution in [0.25, 0.3) is 22.5 Å². The molecule has 3 heterocycles. The Morgan fingerprint density at radius 3 is 2.54 bits per heavy atom. The van der Waals surface area contributed by atoms with E-state index in [-0.39, 0.29) is 35.3 Å². The van der Waals surface area contributed by atoms with Crippen molar-refractivity contribution in [2.45, 2.75) is 13.5 Å². The Hall–Kier alpha value is -4.05. The Kier molecular flexibility index (Phi) is 5.81. The zero-order valence-corrected chi connectivity index (χ0v) is 19.4. The summed E-state index contributed by atoms with van der Waals surface area (Å²) in [6.45, 7) is 2.98. The van der Waals surface area contributed by atoms with Crippen molar-refractivity contribution in [2.24, 2.45) is 0 Å². The quantitative estimate of drug-likeness (QED) is 0.421. The summed E-state index contributed by atoms with van der Waals surface area (Å²) in [5, 5.41) is 4.64. The van der Waals surface area contributed by atoms with Crippen LogP contribution < -0.4 is 15.5 Å². The summed E-state index contributed by atoms with van der Waals surface area (Å²) < 4.78 is 31.1. The molecule has 2 amide bonds. The first kappa shape index (κ1) is 22.7. The van der Waals surface area contributed by atoms with E-state index < -0.39 is 17.7 Å². The van der Waals surface area contributed by atoms with Crippen molar-refractivity contribution in [3.05, 3.63) is 71.5 Å². The number of carbonyl (C=O) groups excluding carboxylic acids is 1. The molecule has 1 aliphatic heterocycles. The molecular weight excluding hydrogens is 476 g/mol. The SMILES string of the molecule is CCn1cc(-c2cccc(N3CCN(c4ccc(F)cc4Cl)C3=O)c2F)c(-c2ccnc(N)n2)n1. The molecule has 2 N–H and O–H groups in total. The maximum atomic E-state index is 16.0. The number of nitrogen functional groups attached to an aromatic ring is 1. The predicted octanol–water partition coefficient (Wildman–Crippen LogP) is 4.99. The normalized spacial score (nSPS) is 13.7. The fraction of sp³-hybridized carbons (Fsp3) is 0.167. The van der Waals surface area contributed by atoms with Crippen LogP contribution in [-0.2, 0) is 6.54 Å². The molecule has 0 spiro atoms. The van der Waals surface area contributed by atoms with Crippen LogP contribution in [0.1, 0.15) is 6.92 Å². The van der Waals surface area contributed by atoms with Crippen molar-refractivity contribution in [1.82, 2.24) is 19.7 Å². The van der Waals surface area contributed by atoms with Gasteiger partial charge >= 0.3 is 6.03 Å². The molecule has 0 saturated carbocycles. The smallest absolute Gasteiger partial charge is 0.329 e. The number of benzene rings is 2. The highest BCUT2D eigenvalue weighted by molar-refractivity contribution is 6.34. The fourth-order valence-corrected chi connectivity index (χ4v) is 4.36. The van der Waals surface area contributed by atoms with E-state index in [9.17, 15) is 9.18 Å². The summed E-state index contributed by atoms with van der Waals surface area (Å²) in [6, 6.07) is 9.84. The molecule has 11 heteroatoms.